The van der Waals surface area contributed by atoms with Crippen LogP contribution in [-0.2, 0) is 7.05 Å². The van der Waals surface area contributed by atoms with Gasteiger partial charge >= 0.3 is 0 Å². The number of hydrogen-bond acceptors (Lipinski definition) is 4. The van der Waals surface area contributed by atoms with Gasteiger partial charge in [-0.3, -0.25) is 4.79 Å². The summed E-state index contributed by atoms with van der Waals surface area (Å²) in [4.78, 5) is 15.9. The van der Waals surface area contributed by atoms with E-state index in [1.165, 1.54) is 0 Å². The smallest absolute Gasteiger partial charge is 0.272 e. The van der Waals surface area contributed by atoms with Crippen LogP contribution in [0.3, 0.4) is 0 Å². The molecular weight excluding hydrogens is 206 g/mol. The predicted molar refractivity (Wildman–Crippen MR) is 59.9 cm³/mol. The fourth-order valence-electron chi connectivity index (χ4n) is 1.53. The van der Waals surface area contributed by atoms with Crippen LogP contribution >= 0.6 is 0 Å². The van der Waals surface area contributed by atoms with E-state index < -0.39 is 0 Å². The Hall–Kier alpha value is -1.95. The Labute approximate surface area is 92.5 Å². The summed E-state index contributed by atoms with van der Waals surface area (Å²) in [6.45, 7) is 0.853. The van der Waals surface area contributed by atoms with Crippen LogP contribution < -0.4 is 11.1 Å². The summed E-state index contributed by atoms with van der Waals surface area (Å²) in [5, 5.41) is 7.58. The number of rotatable bonds is 3. The minimum Gasteiger partial charge on any atom is -0.349 e. The topological polar surface area (TPSA) is 85.8 Å². The molecule has 0 aromatic carbocycles. The zero-order valence-electron chi connectivity index (χ0n) is 8.97. The lowest BCUT2D eigenvalue weighted by molar-refractivity contribution is 0.0950. The van der Waals surface area contributed by atoms with Crippen LogP contribution in [0.1, 0.15) is 10.5 Å². The predicted octanol–water partition coefficient (Wildman–Crippen LogP) is -0.343. The second kappa shape index (κ2) is 4.28. The SMILES string of the molecule is Cn1nc(C(=O)NCCN)c2cccnc21. The molecule has 0 aliphatic carbocycles. The summed E-state index contributed by atoms with van der Waals surface area (Å²) in [6, 6.07) is 3.61. The Morgan fingerprint density at radius 1 is 1.62 bits per heavy atom. The number of nitrogens with zero attached hydrogens (tertiary/aromatic N) is 3. The Morgan fingerprint density at radius 3 is 3.19 bits per heavy atom. The molecule has 1 amide bonds. The number of nitrogens with two attached hydrogens (primary N) is 1. The number of fused-ring (bicyclic) bond motifs is 1. The molecule has 0 atom stereocenters. The molecule has 0 bridgehead atoms. The minimum atomic E-state index is -0.218. The highest BCUT2D eigenvalue weighted by molar-refractivity contribution is 6.03. The van der Waals surface area contributed by atoms with Gasteiger partial charge in [-0.05, 0) is 12.1 Å². The molecule has 0 saturated heterocycles. The molecule has 0 aliphatic heterocycles. The Kier molecular flexibility index (Phi) is 2.82. The highest BCUT2D eigenvalue weighted by Crippen LogP contribution is 2.14. The van der Waals surface area contributed by atoms with Crippen LogP contribution in [0.15, 0.2) is 18.3 Å². The molecule has 2 aromatic rings. The molecule has 16 heavy (non-hydrogen) atoms. The maximum Gasteiger partial charge on any atom is 0.272 e. The standard InChI is InChI=1S/C10H13N5O/c1-15-9-7(3-2-5-12-9)8(14-15)10(16)13-6-4-11/h2-3,5H,4,6,11H2,1H3,(H,13,16). The summed E-state index contributed by atoms with van der Waals surface area (Å²) in [5.74, 6) is -0.218. The van der Waals surface area contributed by atoms with Crippen LogP contribution in [0.25, 0.3) is 11.0 Å². The number of amides is 1. The van der Waals surface area contributed by atoms with Crippen molar-refractivity contribution in [1.82, 2.24) is 20.1 Å². The van der Waals surface area contributed by atoms with Crippen LogP contribution in [0.2, 0.25) is 0 Å². The molecule has 0 saturated carbocycles. The number of aromatic nitrogens is 3. The second-order valence-electron chi connectivity index (χ2n) is 3.39. The normalized spacial score (nSPS) is 10.6. The van der Waals surface area contributed by atoms with Gasteiger partial charge in [0.2, 0.25) is 0 Å². The first kappa shape index (κ1) is 10.6. The third-order valence-corrected chi connectivity index (χ3v) is 2.24. The van der Waals surface area contributed by atoms with Crippen molar-refractivity contribution in [3.63, 3.8) is 0 Å². The van der Waals surface area contributed by atoms with Gasteiger partial charge in [0.15, 0.2) is 11.3 Å². The Balaban J connectivity index is 2.41. The zero-order chi connectivity index (χ0) is 11.5. The van der Waals surface area contributed by atoms with E-state index in [4.69, 9.17) is 5.73 Å². The fourth-order valence-corrected chi connectivity index (χ4v) is 1.53. The van der Waals surface area contributed by atoms with E-state index in [0.29, 0.717) is 24.4 Å². The molecule has 2 aromatic heterocycles. The lowest BCUT2D eigenvalue weighted by Gasteiger charge is -1.99. The van der Waals surface area contributed by atoms with E-state index in [2.05, 4.69) is 15.4 Å². The maximum absolute atomic E-state index is 11.8. The van der Waals surface area contributed by atoms with Crippen molar-refractivity contribution >= 4 is 16.9 Å². The van der Waals surface area contributed by atoms with Crippen molar-refractivity contribution < 1.29 is 4.79 Å². The number of carbonyl (C=O) groups excluding carboxylic acids is 1. The molecule has 3 N–H and O–H groups in total. The van der Waals surface area contributed by atoms with Crippen molar-refractivity contribution in [3.8, 4) is 0 Å². The molecule has 6 heteroatoms. The van der Waals surface area contributed by atoms with Gasteiger partial charge in [-0.1, -0.05) is 0 Å². The van der Waals surface area contributed by atoms with E-state index in [-0.39, 0.29) is 5.91 Å². The van der Waals surface area contributed by atoms with E-state index >= 15 is 0 Å². The van der Waals surface area contributed by atoms with E-state index in [0.717, 1.165) is 5.39 Å². The minimum absolute atomic E-state index is 0.218. The first-order valence-electron chi connectivity index (χ1n) is 5.00. The molecule has 0 radical (unpaired) electrons. The highest BCUT2D eigenvalue weighted by atomic mass is 16.1. The summed E-state index contributed by atoms with van der Waals surface area (Å²) in [5.41, 5.74) is 6.40. The number of nitrogens with one attached hydrogen (secondary N) is 1. The lowest BCUT2D eigenvalue weighted by atomic mass is 10.2. The van der Waals surface area contributed by atoms with Crippen molar-refractivity contribution in [1.29, 1.82) is 0 Å². The van der Waals surface area contributed by atoms with Crippen LogP contribution in [0.5, 0.6) is 0 Å². The van der Waals surface area contributed by atoms with Crippen LogP contribution in [0, 0.1) is 0 Å². The molecule has 0 unspecified atom stereocenters. The molecule has 6 nitrogen and oxygen atoms in total. The zero-order valence-corrected chi connectivity index (χ0v) is 8.97. The van der Waals surface area contributed by atoms with Gasteiger partial charge in [-0.2, -0.15) is 5.10 Å². The van der Waals surface area contributed by atoms with Crippen molar-refractivity contribution in [3.05, 3.63) is 24.0 Å². The van der Waals surface area contributed by atoms with Crippen LogP contribution in [0.4, 0.5) is 0 Å². The van der Waals surface area contributed by atoms with E-state index in [9.17, 15) is 4.79 Å². The lowest BCUT2D eigenvalue weighted by Crippen LogP contribution is -2.29. The van der Waals surface area contributed by atoms with E-state index in [1.807, 2.05) is 6.07 Å². The van der Waals surface area contributed by atoms with Gasteiger partial charge in [-0.15, -0.1) is 0 Å². The first-order chi connectivity index (χ1) is 7.74. The van der Waals surface area contributed by atoms with Crippen molar-refractivity contribution in [2.45, 2.75) is 0 Å². The van der Waals surface area contributed by atoms with Crippen molar-refractivity contribution in [2.24, 2.45) is 12.8 Å². The van der Waals surface area contributed by atoms with Gasteiger partial charge in [-0.25, -0.2) is 9.67 Å². The number of aryl methyl sites for hydroxylation is 1. The Bertz CT molecular complexity index is 519. The average molecular weight is 219 g/mol. The maximum atomic E-state index is 11.8. The molecule has 2 heterocycles. The molecular formula is C10H13N5O. The van der Waals surface area contributed by atoms with E-state index in [1.54, 1.807) is 24.0 Å². The summed E-state index contributed by atoms with van der Waals surface area (Å²) in [7, 11) is 1.76. The summed E-state index contributed by atoms with van der Waals surface area (Å²) < 4.78 is 1.59. The average Bonchev–Trinajstić information content (AvgIpc) is 2.65. The van der Waals surface area contributed by atoms with Gasteiger partial charge < -0.3 is 11.1 Å². The largest absolute Gasteiger partial charge is 0.349 e. The molecule has 84 valence electrons. The van der Waals surface area contributed by atoms with Gasteiger partial charge in [0.1, 0.15) is 0 Å². The summed E-state index contributed by atoms with van der Waals surface area (Å²) in [6.07, 6.45) is 1.67. The third-order valence-electron chi connectivity index (χ3n) is 2.24. The third kappa shape index (κ3) is 1.74. The van der Waals surface area contributed by atoms with Gasteiger partial charge in [0.25, 0.3) is 5.91 Å². The Morgan fingerprint density at radius 2 is 2.44 bits per heavy atom. The fraction of sp³-hybridized carbons (Fsp3) is 0.300. The van der Waals surface area contributed by atoms with Crippen LogP contribution in [-0.4, -0.2) is 33.8 Å². The highest BCUT2D eigenvalue weighted by Gasteiger charge is 2.15. The quantitative estimate of drug-likeness (QED) is 0.739. The number of hydrogen-bond donors (Lipinski definition) is 2. The van der Waals surface area contributed by atoms with Gasteiger partial charge in [0, 0.05) is 26.3 Å². The summed E-state index contributed by atoms with van der Waals surface area (Å²) >= 11 is 0. The van der Waals surface area contributed by atoms with Gasteiger partial charge in [0.05, 0.1) is 5.39 Å². The molecule has 0 fully saturated rings. The monoisotopic (exact) mass is 219 g/mol. The van der Waals surface area contributed by atoms with Crippen molar-refractivity contribution in [2.75, 3.05) is 13.1 Å². The molecule has 0 aliphatic rings. The number of carbonyl (C=O) groups is 1. The number of pyridine rings is 1. The molecule has 0 spiro atoms. The first-order valence-corrected chi connectivity index (χ1v) is 5.00. The second-order valence-corrected chi connectivity index (χ2v) is 3.39. The molecule has 2 rings (SSSR count).